The minimum atomic E-state index is -0.366. The van der Waals surface area contributed by atoms with Crippen LogP contribution >= 0.6 is 0 Å². The number of nitrogens with zero attached hydrogens (tertiary/aromatic N) is 4. The van der Waals surface area contributed by atoms with Gasteiger partial charge in [0.2, 0.25) is 0 Å². The average Bonchev–Trinajstić information content (AvgIpc) is 3.20. The van der Waals surface area contributed by atoms with Crippen LogP contribution in [0.5, 0.6) is 17.2 Å². The lowest BCUT2D eigenvalue weighted by Gasteiger charge is -2.09. The lowest BCUT2D eigenvalue weighted by molar-refractivity contribution is 0.354. The molecule has 7 nitrogen and oxygen atoms in total. The van der Waals surface area contributed by atoms with Gasteiger partial charge in [0.15, 0.2) is 17.3 Å². The molecule has 0 atom stereocenters. The summed E-state index contributed by atoms with van der Waals surface area (Å²) in [5.41, 5.74) is 2.52. The molecule has 0 amide bonds. The maximum Gasteiger partial charge on any atom is 0.252 e. The highest BCUT2D eigenvalue weighted by molar-refractivity contribution is 5.68. The van der Waals surface area contributed by atoms with Crippen molar-refractivity contribution >= 4 is 5.78 Å². The normalized spacial score (nSPS) is 10.9. The lowest BCUT2D eigenvalue weighted by Crippen LogP contribution is -1.99. The Hall–Kier alpha value is -3.68. The Kier molecular flexibility index (Phi) is 5.47. The molecule has 0 aliphatic rings. The third-order valence-electron chi connectivity index (χ3n) is 4.81. The number of methoxy groups -OCH3 is 3. The quantitative estimate of drug-likeness (QED) is 0.464. The summed E-state index contributed by atoms with van der Waals surface area (Å²) in [6.45, 7) is 0. The van der Waals surface area contributed by atoms with Crippen LogP contribution in [0.1, 0.15) is 11.4 Å². The Bertz CT molecular complexity index is 1190. The number of fused-ring (bicyclic) bond motifs is 1. The molecule has 0 bridgehead atoms. The number of hydrogen-bond donors (Lipinski definition) is 0. The summed E-state index contributed by atoms with van der Waals surface area (Å²) in [7, 11) is 4.73. The van der Waals surface area contributed by atoms with E-state index in [0.29, 0.717) is 40.8 Å². The summed E-state index contributed by atoms with van der Waals surface area (Å²) in [6, 6.07) is 12.0. The lowest BCUT2D eigenvalue weighted by atomic mass is 10.1. The Morgan fingerprint density at radius 2 is 1.67 bits per heavy atom. The van der Waals surface area contributed by atoms with Crippen molar-refractivity contribution in [3.8, 4) is 28.5 Å². The second-order valence-corrected chi connectivity index (χ2v) is 6.60. The van der Waals surface area contributed by atoms with E-state index in [0.717, 1.165) is 17.7 Å². The van der Waals surface area contributed by atoms with Crippen LogP contribution in [0.25, 0.3) is 17.0 Å². The Morgan fingerprint density at radius 3 is 2.43 bits per heavy atom. The van der Waals surface area contributed by atoms with E-state index in [2.05, 4.69) is 15.1 Å². The van der Waals surface area contributed by atoms with Gasteiger partial charge in [-0.05, 0) is 42.3 Å². The first-order chi connectivity index (χ1) is 14.6. The van der Waals surface area contributed by atoms with Crippen LogP contribution in [0.3, 0.4) is 0 Å². The number of hydrogen-bond acceptors (Lipinski definition) is 6. The molecule has 0 aliphatic heterocycles. The average molecular weight is 408 g/mol. The highest BCUT2D eigenvalue weighted by Gasteiger charge is 2.14. The summed E-state index contributed by atoms with van der Waals surface area (Å²) < 4.78 is 31.2. The molecule has 4 rings (SSSR count). The van der Waals surface area contributed by atoms with E-state index in [1.165, 1.54) is 19.2 Å². The number of halogens is 1. The molecule has 8 heteroatoms. The molecule has 0 aliphatic carbocycles. The zero-order valence-corrected chi connectivity index (χ0v) is 16.9. The molecular weight excluding hydrogens is 387 g/mol. The first-order valence-electron chi connectivity index (χ1n) is 9.38. The van der Waals surface area contributed by atoms with Crippen LogP contribution in [-0.2, 0) is 12.8 Å². The molecule has 2 aromatic heterocycles. The number of aryl methyl sites for hydroxylation is 2. The van der Waals surface area contributed by atoms with Gasteiger partial charge in [-0.25, -0.2) is 9.37 Å². The standard InChI is InChI=1S/C22H21FN4O3/c1-28-18-8-4-14(12-20(18)30-3)5-9-21-25-22-24-11-10-17(27(22)26-21)16-7-6-15(23)13-19(16)29-2/h4,6-8,10-13H,5,9H2,1-3H3. The van der Waals surface area contributed by atoms with E-state index in [4.69, 9.17) is 14.2 Å². The number of benzene rings is 2. The van der Waals surface area contributed by atoms with Gasteiger partial charge in [0.25, 0.3) is 5.78 Å². The summed E-state index contributed by atoms with van der Waals surface area (Å²) in [4.78, 5) is 8.84. The second-order valence-electron chi connectivity index (χ2n) is 6.60. The van der Waals surface area contributed by atoms with Gasteiger partial charge in [0.1, 0.15) is 11.6 Å². The van der Waals surface area contributed by atoms with Gasteiger partial charge in [-0.15, -0.1) is 5.10 Å². The van der Waals surface area contributed by atoms with Crippen molar-refractivity contribution in [3.63, 3.8) is 0 Å². The molecule has 0 saturated carbocycles. The van der Waals surface area contributed by atoms with E-state index < -0.39 is 0 Å². The van der Waals surface area contributed by atoms with Crippen molar-refractivity contribution in [2.24, 2.45) is 0 Å². The second kappa shape index (κ2) is 8.36. The third-order valence-corrected chi connectivity index (χ3v) is 4.81. The highest BCUT2D eigenvalue weighted by atomic mass is 19.1. The maximum atomic E-state index is 13.6. The van der Waals surface area contributed by atoms with Gasteiger partial charge in [0.05, 0.1) is 27.0 Å². The smallest absolute Gasteiger partial charge is 0.252 e. The van der Waals surface area contributed by atoms with Crippen LogP contribution < -0.4 is 14.2 Å². The van der Waals surface area contributed by atoms with E-state index in [-0.39, 0.29) is 5.82 Å². The van der Waals surface area contributed by atoms with Crippen molar-refractivity contribution in [3.05, 3.63) is 65.9 Å². The van der Waals surface area contributed by atoms with E-state index in [1.54, 1.807) is 37.1 Å². The molecule has 30 heavy (non-hydrogen) atoms. The minimum Gasteiger partial charge on any atom is -0.496 e. The summed E-state index contributed by atoms with van der Waals surface area (Å²) >= 11 is 0. The Morgan fingerprint density at radius 1 is 0.867 bits per heavy atom. The zero-order chi connectivity index (χ0) is 21.1. The predicted molar refractivity (Wildman–Crippen MR) is 110 cm³/mol. The van der Waals surface area contributed by atoms with Gasteiger partial charge in [-0.2, -0.15) is 9.50 Å². The largest absolute Gasteiger partial charge is 0.496 e. The predicted octanol–water partition coefficient (Wildman–Crippen LogP) is 3.74. The van der Waals surface area contributed by atoms with Crippen molar-refractivity contribution < 1.29 is 18.6 Å². The topological polar surface area (TPSA) is 70.8 Å². The minimum absolute atomic E-state index is 0.366. The third kappa shape index (κ3) is 3.76. The van der Waals surface area contributed by atoms with Crippen molar-refractivity contribution in [1.29, 1.82) is 0 Å². The molecule has 2 heterocycles. The van der Waals surface area contributed by atoms with Gasteiger partial charge >= 0.3 is 0 Å². The molecule has 4 aromatic rings. The number of rotatable bonds is 7. The number of aromatic nitrogens is 4. The maximum absolute atomic E-state index is 13.6. The van der Waals surface area contributed by atoms with Crippen LogP contribution in [-0.4, -0.2) is 40.9 Å². The zero-order valence-electron chi connectivity index (χ0n) is 16.9. The molecule has 154 valence electrons. The summed E-state index contributed by atoms with van der Waals surface area (Å²) in [6.07, 6.45) is 3.01. The molecule has 2 aromatic carbocycles. The van der Waals surface area contributed by atoms with Crippen molar-refractivity contribution in [2.45, 2.75) is 12.8 Å². The van der Waals surface area contributed by atoms with E-state index in [1.807, 2.05) is 18.2 Å². The molecule has 0 spiro atoms. The number of ether oxygens (including phenoxy) is 3. The van der Waals surface area contributed by atoms with Gasteiger partial charge in [-0.3, -0.25) is 0 Å². The first kappa shape index (κ1) is 19.6. The Balaban J connectivity index is 1.63. The molecular formula is C22H21FN4O3. The van der Waals surface area contributed by atoms with Gasteiger partial charge < -0.3 is 14.2 Å². The molecule has 0 saturated heterocycles. The van der Waals surface area contributed by atoms with Crippen molar-refractivity contribution in [2.75, 3.05) is 21.3 Å². The SMILES string of the molecule is COc1ccc(CCc2nc3nccc(-c4ccc(F)cc4OC)n3n2)cc1OC. The fourth-order valence-electron chi connectivity index (χ4n) is 3.31. The summed E-state index contributed by atoms with van der Waals surface area (Å²) in [5.74, 6) is 2.56. The first-order valence-corrected chi connectivity index (χ1v) is 9.38. The van der Waals surface area contributed by atoms with Crippen LogP contribution in [0.15, 0.2) is 48.7 Å². The van der Waals surface area contributed by atoms with E-state index in [9.17, 15) is 4.39 Å². The molecule has 0 N–H and O–H groups in total. The van der Waals surface area contributed by atoms with E-state index >= 15 is 0 Å². The van der Waals surface area contributed by atoms with Crippen LogP contribution in [0.2, 0.25) is 0 Å². The Labute approximate surface area is 173 Å². The van der Waals surface area contributed by atoms with Crippen LogP contribution in [0, 0.1) is 5.82 Å². The summed E-state index contributed by atoms with van der Waals surface area (Å²) in [5, 5.41) is 4.62. The molecule has 0 fully saturated rings. The fourth-order valence-corrected chi connectivity index (χ4v) is 3.31. The van der Waals surface area contributed by atoms with Gasteiger partial charge in [-0.1, -0.05) is 6.07 Å². The molecule has 0 unspecified atom stereocenters. The van der Waals surface area contributed by atoms with Crippen molar-refractivity contribution in [1.82, 2.24) is 19.6 Å². The molecule has 0 radical (unpaired) electrons. The monoisotopic (exact) mass is 408 g/mol. The highest BCUT2D eigenvalue weighted by Crippen LogP contribution is 2.31. The fraction of sp³-hybridized carbons (Fsp3) is 0.227. The van der Waals surface area contributed by atoms with Crippen LogP contribution in [0.4, 0.5) is 4.39 Å². The van der Waals surface area contributed by atoms with Gasteiger partial charge in [0, 0.05) is 24.2 Å².